The van der Waals surface area contributed by atoms with Crippen LogP contribution in [0.2, 0.25) is 0 Å². The van der Waals surface area contributed by atoms with Gasteiger partial charge in [-0.3, -0.25) is 9.00 Å². The molecule has 0 saturated heterocycles. The van der Waals surface area contributed by atoms with Crippen molar-refractivity contribution in [3.05, 3.63) is 70.5 Å². The van der Waals surface area contributed by atoms with Crippen LogP contribution in [0.4, 0.5) is 4.39 Å². The van der Waals surface area contributed by atoms with Crippen LogP contribution in [0.25, 0.3) is 17.2 Å². The van der Waals surface area contributed by atoms with E-state index in [1.165, 1.54) is 12.1 Å². The molecule has 2 aromatic carbocycles. The highest BCUT2D eigenvalue weighted by Crippen LogP contribution is 2.43. The smallest absolute Gasteiger partial charge is 0.224 e. The number of halogens is 1. The molecule has 4 nitrogen and oxygen atoms in total. The summed E-state index contributed by atoms with van der Waals surface area (Å²) in [6, 6.07) is 12.1. The minimum atomic E-state index is -1.04. The van der Waals surface area contributed by atoms with Crippen molar-refractivity contribution in [1.29, 1.82) is 0 Å². The zero-order chi connectivity index (χ0) is 21.0. The van der Waals surface area contributed by atoms with Gasteiger partial charge in [0, 0.05) is 35.1 Å². The molecular formula is C23H24FNO3S. The molecule has 0 heterocycles. The summed E-state index contributed by atoms with van der Waals surface area (Å²) in [5, 5.41) is 11.6. The third-order valence-electron chi connectivity index (χ3n) is 4.97. The molecule has 1 amide bonds. The number of hydrogen-bond donors (Lipinski definition) is 2. The monoisotopic (exact) mass is 413 g/mol. The van der Waals surface area contributed by atoms with Gasteiger partial charge in [0.1, 0.15) is 5.82 Å². The van der Waals surface area contributed by atoms with Gasteiger partial charge in [-0.25, -0.2) is 4.39 Å². The maximum Gasteiger partial charge on any atom is 0.224 e. The largest absolute Gasteiger partial charge is 0.396 e. The van der Waals surface area contributed by atoms with E-state index in [0.29, 0.717) is 13.0 Å². The minimum absolute atomic E-state index is 0.0212. The predicted molar refractivity (Wildman–Crippen MR) is 115 cm³/mol. The van der Waals surface area contributed by atoms with Gasteiger partial charge < -0.3 is 10.4 Å². The van der Waals surface area contributed by atoms with Crippen LogP contribution in [0, 0.1) is 5.82 Å². The number of aliphatic hydroxyl groups excluding tert-OH is 1. The summed E-state index contributed by atoms with van der Waals surface area (Å²) in [7, 11) is -1.04. The molecular weight excluding hydrogens is 389 g/mol. The molecule has 0 radical (unpaired) electrons. The van der Waals surface area contributed by atoms with E-state index in [4.69, 9.17) is 5.11 Å². The van der Waals surface area contributed by atoms with Crippen molar-refractivity contribution in [3.63, 3.8) is 0 Å². The van der Waals surface area contributed by atoms with Crippen LogP contribution in [0.1, 0.15) is 36.5 Å². The van der Waals surface area contributed by atoms with E-state index in [1.54, 1.807) is 12.3 Å². The third kappa shape index (κ3) is 4.89. The van der Waals surface area contributed by atoms with E-state index >= 15 is 0 Å². The number of fused-ring (bicyclic) bond motifs is 1. The van der Waals surface area contributed by atoms with Crippen LogP contribution in [0.15, 0.2) is 52.9 Å². The van der Waals surface area contributed by atoms with E-state index in [2.05, 4.69) is 5.32 Å². The van der Waals surface area contributed by atoms with Crippen LogP contribution < -0.4 is 5.32 Å². The van der Waals surface area contributed by atoms with Crippen molar-refractivity contribution in [2.24, 2.45) is 0 Å². The van der Waals surface area contributed by atoms with Crippen molar-refractivity contribution in [2.75, 3.05) is 19.4 Å². The van der Waals surface area contributed by atoms with Crippen molar-refractivity contribution in [3.8, 4) is 0 Å². The van der Waals surface area contributed by atoms with Crippen molar-refractivity contribution in [1.82, 2.24) is 5.32 Å². The van der Waals surface area contributed by atoms with Crippen molar-refractivity contribution in [2.45, 2.75) is 24.7 Å². The number of carbonyl (C=O) groups is 1. The van der Waals surface area contributed by atoms with Gasteiger partial charge in [-0.1, -0.05) is 18.2 Å². The lowest BCUT2D eigenvalue weighted by Crippen LogP contribution is -2.25. The normalized spacial score (nSPS) is 15.5. The second-order valence-electron chi connectivity index (χ2n) is 6.98. The van der Waals surface area contributed by atoms with Crippen LogP contribution in [0.3, 0.4) is 0 Å². The molecule has 152 valence electrons. The second kappa shape index (κ2) is 9.29. The number of hydrogen-bond acceptors (Lipinski definition) is 3. The number of amides is 1. The van der Waals surface area contributed by atoms with Gasteiger partial charge in [0.2, 0.25) is 5.91 Å². The highest BCUT2D eigenvalue weighted by Gasteiger charge is 2.25. The van der Waals surface area contributed by atoms with Gasteiger partial charge in [-0.15, -0.1) is 0 Å². The van der Waals surface area contributed by atoms with E-state index in [9.17, 15) is 13.4 Å². The average Bonchev–Trinajstić information content (AvgIpc) is 2.94. The fourth-order valence-corrected chi connectivity index (χ4v) is 3.95. The molecule has 0 saturated carbocycles. The summed E-state index contributed by atoms with van der Waals surface area (Å²) in [6.45, 7) is 2.37. The highest BCUT2D eigenvalue weighted by molar-refractivity contribution is 7.84. The lowest BCUT2D eigenvalue weighted by Gasteiger charge is -2.07. The maximum atomic E-state index is 13.9. The van der Waals surface area contributed by atoms with Gasteiger partial charge in [-0.05, 0) is 77.1 Å². The zero-order valence-electron chi connectivity index (χ0n) is 16.5. The summed E-state index contributed by atoms with van der Waals surface area (Å²) < 4.78 is 25.5. The Morgan fingerprint density at radius 2 is 1.90 bits per heavy atom. The number of aliphatic hydroxyl groups is 1. The van der Waals surface area contributed by atoms with Crippen LogP contribution in [0.5, 0.6) is 0 Å². The molecule has 6 heteroatoms. The Hall–Kier alpha value is -2.57. The molecule has 2 aromatic rings. The van der Waals surface area contributed by atoms with Crippen LogP contribution >= 0.6 is 0 Å². The SMILES string of the molecule is CC1=C(CC(=O)NCCCO)c2cc(F)ccc2C1=Cc1ccc(S(C)=O)cc1. The fraction of sp³-hybridized carbons (Fsp3) is 0.261. The molecule has 1 atom stereocenters. The molecule has 29 heavy (non-hydrogen) atoms. The molecule has 1 unspecified atom stereocenters. The lowest BCUT2D eigenvalue weighted by atomic mass is 10.0. The number of rotatable bonds is 7. The number of nitrogens with one attached hydrogen (secondary N) is 1. The summed E-state index contributed by atoms with van der Waals surface area (Å²) in [4.78, 5) is 13.1. The number of allylic oxidation sites excluding steroid dienone is 2. The van der Waals surface area contributed by atoms with E-state index < -0.39 is 10.8 Å². The third-order valence-corrected chi connectivity index (χ3v) is 5.91. The van der Waals surface area contributed by atoms with Gasteiger partial charge >= 0.3 is 0 Å². The van der Waals surface area contributed by atoms with Crippen molar-refractivity contribution < 1.29 is 18.5 Å². The first-order valence-electron chi connectivity index (χ1n) is 9.44. The van der Waals surface area contributed by atoms with E-state index in [-0.39, 0.29) is 24.8 Å². The Morgan fingerprint density at radius 3 is 2.55 bits per heavy atom. The first-order valence-corrected chi connectivity index (χ1v) is 11.0. The predicted octanol–water partition coefficient (Wildman–Crippen LogP) is 3.78. The van der Waals surface area contributed by atoms with Gasteiger partial charge in [-0.2, -0.15) is 0 Å². The highest BCUT2D eigenvalue weighted by atomic mass is 32.2. The van der Waals surface area contributed by atoms with Gasteiger partial charge in [0.05, 0.1) is 6.42 Å². The minimum Gasteiger partial charge on any atom is -0.396 e. The summed E-state index contributed by atoms with van der Waals surface area (Å²) in [5.41, 5.74) is 5.26. The van der Waals surface area contributed by atoms with Gasteiger partial charge in [0.15, 0.2) is 0 Å². The number of carbonyl (C=O) groups excluding carboxylic acids is 1. The standard InChI is InChI=1S/C23H24FNO3S/c1-15-20(12-16-4-7-18(8-5-16)29(2)28)19-9-6-17(24)13-22(19)21(15)14-23(27)25-10-3-11-26/h4-9,12-13,26H,3,10-11,14H2,1-2H3,(H,25,27). The molecule has 3 rings (SSSR count). The Balaban J connectivity index is 1.95. The van der Waals surface area contributed by atoms with Crippen molar-refractivity contribution >= 4 is 33.9 Å². The molecule has 1 aliphatic rings. The van der Waals surface area contributed by atoms with Crippen LogP contribution in [-0.2, 0) is 15.6 Å². The molecule has 1 aliphatic carbocycles. The van der Waals surface area contributed by atoms with E-state index in [0.717, 1.165) is 38.3 Å². The summed E-state index contributed by atoms with van der Waals surface area (Å²) in [6.07, 6.45) is 4.29. The van der Waals surface area contributed by atoms with Gasteiger partial charge in [0.25, 0.3) is 0 Å². The quantitative estimate of drug-likeness (QED) is 0.679. The van der Waals surface area contributed by atoms with E-state index in [1.807, 2.05) is 37.3 Å². The molecule has 0 bridgehead atoms. The molecule has 0 aliphatic heterocycles. The average molecular weight is 414 g/mol. The molecule has 0 aromatic heterocycles. The summed E-state index contributed by atoms with van der Waals surface area (Å²) >= 11 is 0. The number of benzene rings is 2. The Morgan fingerprint density at radius 1 is 1.17 bits per heavy atom. The van der Waals surface area contributed by atoms with Crippen LogP contribution in [-0.4, -0.2) is 34.6 Å². The lowest BCUT2D eigenvalue weighted by molar-refractivity contribution is -0.120. The fourth-order valence-electron chi connectivity index (χ4n) is 3.43. The molecule has 0 fully saturated rings. The maximum absolute atomic E-state index is 13.9. The molecule has 2 N–H and O–H groups in total. The first-order chi connectivity index (χ1) is 13.9. The second-order valence-corrected chi connectivity index (χ2v) is 8.36. The summed E-state index contributed by atoms with van der Waals surface area (Å²) in [5.74, 6) is -0.496. The first kappa shape index (κ1) is 21.1. The topological polar surface area (TPSA) is 66.4 Å². The molecule has 0 spiro atoms. The Bertz CT molecular complexity index is 1010. The Labute approximate surface area is 172 Å². The Kier molecular flexibility index (Phi) is 6.77. The zero-order valence-corrected chi connectivity index (χ0v) is 17.3.